The van der Waals surface area contributed by atoms with E-state index >= 15 is 0 Å². The lowest BCUT2D eigenvalue weighted by atomic mass is 10.1. The third-order valence-electron chi connectivity index (χ3n) is 1.50. The van der Waals surface area contributed by atoms with Crippen LogP contribution in [0.2, 0.25) is 0 Å². The minimum atomic E-state index is -0.278. The first-order valence-corrected chi connectivity index (χ1v) is 4.25. The van der Waals surface area contributed by atoms with Crippen LogP contribution in [0.25, 0.3) is 0 Å². The van der Waals surface area contributed by atoms with Crippen LogP contribution in [-0.2, 0) is 9.53 Å². The molecule has 0 aliphatic heterocycles. The molecule has 0 atom stereocenters. The molecule has 12 heavy (non-hydrogen) atoms. The third-order valence-corrected chi connectivity index (χ3v) is 1.50. The first-order chi connectivity index (χ1) is 5.63. The van der Waals surface area contributed by atoms with Crippen molar-refractivity contribution < 1.29 is 9.53 Å². The van der Waals surface area contributed by atoms with E-state index in [0.29, 0.717) is 24.3 Å². The van der Waals surface area contributed by atoms with E-state index in [1.165, 1.54) is 0 Å². The molecule has 0 rings (SSSR count). The van der Waals surface area contributed by atoms with Gasteiger partial charge in [-0.15, -0.1) is 0 Å². The fourth-order valence-electron chi connectivity index (χ4n) is 0.928. The van der Waals surface area contributed by atoms with Gasteiger partial charge in [-0.3, -0.25) is 0 Å². The van der Waals surface area contributed by atoms with Crippen molar-refractivity contribution in [3.05, 3.63) is 11.3 Å². The molecule has 70 valence electrons. The Bertz CT molecular complexity index is 181. The Labute approximate surface area is 73.6 Å². The highest BCUT2D eigenvalue weighted by Gasteiger charge is 2.10. The summed E-state index contributed by atoms with van der Waals surface area (Å²) in [7, 11) is 0. The molecule has 0 heterocycles. The van der Waals surface area contributed by atoms with Crippen molar-refractivity contribution in [2.24, 2.45) is 5.73 Å². The number of ether oxygens (including phenoxy) is 1. The van der Waals surface area contributed by atoms with Crippen LogP contribution in [0.1, 0.15) is 33.6 Å². The van der Waals surface area contributed by atoms with Gasteiger partial charge in [0, 0.05) is 5.70 Å². The second-order valence-corrected chi connectivity index (χ2v) is 2.63. The normalized spacial score (nSPS) is 12.2. The lowest BCUT2D eigenvalue weighted by Gasteiger charge is -2.06. The Hall–Kier alpha value is -0.990. The minimum absolute atomic E-state index is 0.278. The average molecular weight is 171 g/mol. The number of hydrogen-bond donors (Lipinski definition) is 1. The molecule has 2 N–H and O–H groups in total. The van der Waals surface area contributed by atoms with Crippen molar-refractivity contribution in [1.29, 1.82) is 0 Å². The molecule has 0 aromatic heterocycles. The van der Waals surface area contributed by atoms with Gasteiger partial charge in [0.1, 0.15) is 0 Å². The van der Waals surface area contributed by atoms with Crippen LogP contribution in [0.4, 0.5) is 0 Å². The van der Waals surface area contributed by atoms with Crippen molar-refractivity contribution in [2.45, 2.75) is 33.6 Å². The first kappa shape index (κ1) is 11.0. The van der Waals surface area contributed by atoms with Gasteiger partial charge in [0.2, 0.25) is 0 Å². The molecular weight excluding hydrogens is 154 g/mol. The fourth-order valence-corrected chi connectivity index (χ4v) is 0.928. The Morgan fingerprint density at radius 3 is 2.33 bits per heavy atom. The molecule has 3 heteroatoms. The van der Waals surface area contributed by atoms with E-state index in [9.17, 15) is 4.79 Å². The maximum Gasteiger partial charge on any atom is 0.335 e. The summed E-state index contributed by atoms with van der Waals surface area (Å²) in [5.41, 5.74) is 6.71. The number of rotatable bonds is 4. The van der Waals surface area contributed by atoms with Crippen molar-refractivity contribution >= 4 is 5.97 Å². The van der Waals surface area contributed by atoms with Gasteiger partial charge in [-0.05, 0) is 20.3 Å². The SMILES string of the molecule is CCC/C(C(=O)OCC)=C(/C)N. The van der Waals surface area contributed by atoms with E-state index in [0.717, 1.165) is 6.42 Å². The maximum atomic E-state index is 11.2. The molecular formula is C9H17NO2. The lowest BCUT2D eigenvalue weighted by molar-refractivity contribution is -0.138. The molecule has 0 aromatic rings. The first-order valence-electron chi connectivity index (χ1n) is 4.25. The number of allylic oxidation sites excluding steroid dienone is 1. The minimum Gasteiger partial charge on any atom is -0.463 e. The summed E-state index contributed by atoms with van der Waals surface area (Å²) in [6, 6.07) is 0. The summed E-state index contributed by atoms with van der Waals surface area (Å²) in [4.78, 5) is 11.2. The van der Waals surface area contributed by atoms with Crippen LogP contribution in [0.5, 0.6) is 0 Å². The number of esters is 1. The molecule has 0 aromatic carbocycles. The van der Waals surface area contributed by atoms with Gasteiger partial charge < -0.3 is 10.5 Å². The Kier molecular flexibility index (Phi) is 5.17. The molecule has 0 spiro atoms. The second kappa shape index (κ2) is 5.63. The van der Waals surface area contributed by atoms with Gasteiger partial charge in [0.05, 0.1) is 12.2 Å². The third kappa shape index (κ3) is 3.42. The van der Waals surface area contributed by atoms with E-state index in [1.807, 2.05) is 6.92 Å². The molecule has 0 radical (unpaired) electrons. The van der Waals surface area contributed by atoms with Crippen LogP contribution in [-0.4, -0.2) is 12.6 Å². The van der Waals surface area contributed by atoms with Gasteiger partial charge in [-0.2, -0.15) is 0 Å². The van der Waals surface area contributed by atoms with Crippen LogP contribution >= 0.6 is 0 Å². The van der Waals surface area contributed by atoms with E-state index < -0.39 is 0 Å². The summed E-state index contributed by atoms with van der Waals surface area (Å²) in [5.74, 6) is -0.278. The number of hydrogen-bond acceptors (Lipinski definition) is 3. The van der Waals surface area contributed by atoms with Crippen LogP contribution in [0.3, 0.4) is 0 Å². The molecule has 0 saturated heterocycles. The maximum absolute atomic E-state index is 11.2. The Morgan fingerprint density at radius 2 is 2.00 bits per heavy atom. The summed E-state index contributed by atoms with van der Waals surface area (Å²) in [5, 5.41) is 0. The van der Waals surface area contributed by atoms with E-state index in [1.54, 1.807) is 13.8 Å². The van der Waals surface area contributed by atoms with E-state index in [2.05, 4.69) is 0 Å². The largest absolute Gasteiger partial charge is 0.463 e. The van der Waals surface area contributed by atoms with E-state index in [-0.39, 0.29) is 5.97 Å². The van der Waals surface area contributed by atoms with Gasteiger partial charge in [0.25, 0.3) is 0 Å². The van der Waals surface area contributed by atoms with Crippen molar-refractivity contribution in [3.63, 3.8) is 0 Å². The van der Waals surface area contributed by atoms with Gasteiger partial charge in [-0.1, -0.05) is 13.3 Å². The van der Waals surface area contributed by atoms with Crippen molar-refractivity contribution in [2.75, 3.05) is 6.61 Å². The van der Waals surface area contributed by atoms with Crippen LogP contribution < -0.4 is 5.73 Å². The lowest BCUT2D eigenvalue weighted by Crippen LogP contribution is -2.12. The molecule has 0 amide bonds. The molecule has 0 saturated carbocycles. The van der Waals surface area contributed by atoms with Crippen molar-refractivity contribution in [3.8, 4) is 0 Å². The zero-order valence-electron chi connectivity index (χ0n) is 8.02. The summed E-state index contributed by atoms with van der Waals surface area (Å²) >= 11 is 0. The topological polar surface area (TPSA) is 52.3 Å². The molecule has 0 bridgehead atoms. The zero-order valence-corrected chi connectivity index (χ0v) is 8.02. The van der Waals surface area contributed by atoms with Crippen LogP contribution in [0.15, 0.2) is 11.3 Å². The predicted molar refractivity (Wildman–Crippen MR) is 48.4 cm³/mol. The standard InChI is InChI=1S/C9H17NO2/c1-4-6-8(7(3)10)9(11)12-5-2/h4-6,10H2,1-3H3/b8-7+. The Morgan fingerprint density at radius 1 is 1.42 bits per heavy atom. The van der Waals surface area contributed by atoms with E-state index in [4.69, 9.17) is 10.5 Å². The highest BCUT2D eigenvalue weighted by molar-refractivity contribution is 5.89. The number of nitrogens with two attached hydrogens (primary N) is 1. The summed E-state index contributed by atoms with van der Waals surface area (Å²) in [6.45, 7) is 5.91. The second-order valence-electron chi connectivity index (χ2n) is 2.63. The number of carbonyl (C=O) groups excluding carboxylic acids is 1. The quantitative estimate of drug-likeness (QED) is 0.516. The molecule has 0 fully saturated rings. The molecule has 3 nitrogen and oxygen atoms in total. The smallest absolute Gasteiger partial charge is 0.335 e. The fraction of sp³-hybridized carbons (Fsp3) is 0.667. The highest BCUT2D eigenvalue weighted by atomic mass is 16.5. The van der Waals surface area contributed by atoms with Gasteiger partial charge in [0.15, 0.2) is 0 Å². The van der Waals surface area contributed by atoms with Crippen LogP contribution in [0, 0.1) is 0 Å². The summed E-state index contributed by atoms with van der Waals surface area (Å²) in [6.07, 6.45) is 1.60. The average Bonchev–Trinajstić information content (AvgIpc) is 1.99. The zero-order chi connectivity index (χ0) is 9.56. The predicted octanol–water partition coefficient (Wildman–Crippen LogP) is 1.58. The molecule has 0 aliphatic rings. The highest BCUT2D eigenvalue weighted by Crippen LogP contribution is 2.09. The number of carbonyl (C=O) groups is 1. The monoisotopic (exact) mass is 171 g/mol. The van der Waals surface area contributed by atoms with Gasteiger partial charge in [-0.25, -0.2) is 4.79 Å². The molecule has 0 unspecified atom stereocenters. The summed E-state index contributed by atoms with van der Waals surface area (Å²) < 4.78 is 4.84. The van der Waals surface area contributed by atoms with Gasteiger partial charge >= 0.3 is 5.97 Å². The van der Waals surface area contributed by atoms with Crippen molar-refractivity contribution in [1.82, 2.24) is 0 Å². The Balaban J connectivity index is 4.32. The molecule has 0 aliphatic carbocycles.